The number of halogens is 2. The number of benzene rings is 2. The van der Waals surface area contributed by atoms with Gasteiger partial charge in [0.15, 0.2) is 0 Å². The molecular formula is C20H23Cl2N3O2. The molecule has 0 spiro atoms. The summed E-state index contributed by atoms with van der Waals surface area (Å²) in [6.45, 7) is 6.47. The number of rotatable bonds is 6. The van der Waals surface area contributed by atoms with Crippen molar-refractivity contribution in [2.75, 3.05) is 11.9 Å². The first kappa shape index (κ1) is 21.1. The average Bonchev–Trinajstić information content (AvgIpc) is 2.60. The molecule has 1 atom stereocenters. The maximum atomic E-state index is 12.2. The molecule has 5 nitrogen and oxygen atoms in total. The molecule has 0 radical (unpaired) electrons. The first-order valence-electron chi connectivity index (χ1n) is 8.67. The van der Waals surface area contributed by atoms with E-state index in [2.05, 4.69) is 16.0 Å². The van der Waals surface area contributed by atoms with Crippen molar-refractivity contribution in [3.05, 3.63) is 63.6 Å². The van der Waals surface area contributed by atoms with Crippen LogP contribution in [-0.4, -0.2) is 18.5 Å². The predicted molar refractivity (Wildman–Crippen MR) is 111 cm³/mol. The lowest BCUT2D eigenvalue weighted by atomic mass is 10.1. The zero-order valence-electron chi connectivity index (χ0n) is 15.5. The van der Waals surface area contributed by atoms with Gasteiger partial charge in [-0.3, -0.25) is 4.79 Å². The molecule has 0 heterocycles. The van der Waals surface area contributed by atoms with Gasteiger partial charge in [-0.05, 0) is 48.7 Å². The van der Waals surface area contributed by atoms with Gasteiger partial charge in [0.2, 0.25) is 0 Å². The van der Waals surface area contributed by atoms with E-state index >= 15 is 0 Å². The summed E-state index contributed by atoms with van der Waals surface area (Å²) < 4.78 is 0. The monoisotopic (exact) mass is 407 g/mol. The number of hydrogen-bond acceptors (Lipinski definition) is 2. The van der Waals surface area contributed by atoms with E-state index in [0.717, 1.165) is 5.56 Å². The smallest absolute Gasteiger partial charge is 0.319 e. The third kappa shape index (κ3) is 6.45. The van der Waals surface area contributed by atoms with Crippen LogP contribution >= 0.6 is 23.2 Å². The highest BCUT2D eigenvalue weighted by Gasteiger charge is 2.13. The van der Waals surface area contributed by atoms with Crippen LogP contribution < -0.4 is 16.0 Å². The fourth-order valence-corrected chi connectivity index (χ4v) is 2.76. The molecule has 0 saturated heterocycles. The molecule has 0 bridgehead atoms. The normalized spacial score (nSPS) is 11.8. The summed E-state index contributed by atoms with van der Waals surface area (Å²) in [4.78, 5) is 24.3. The number of carbonyl (C=O) groups is 2. The Kier molecular flexibility index (Phi) is 7.51. The van der Waals surface area contributed by atoms with Crippen LogP contribution in [0, 0.1) is 5.92 Å². The minimum absolute atomic E-state index is 0.196. The Morgan fingerprint density at radius 3 is 2.26 bits per heavy atom. The Balaban J connectivity index is 1.96. The van der Waals surface area contributed by atoms with Crippen LogP contribution in [0.5, 0.6) is 0 Å². The van der Waals surface area contributed by atoms with Crippen LogP contribution in [0.1, 0.15) is 42.7 Å². The van der Waals surface area contributed by atoms with Crippen molar-refractivity contribution in [1.82, 2.24) is 10.6 Å². The van der Waals surface area contributed by atoms with Crippen molar-refractivity contribution in [3.8, 4) is 0 Å². The standard InChI is InChI=1S/C20H23Cl2N3O2/c1-12(2)11-23-19(26)17-9-8-16(10-18(17)22)25-20(27)24-13(3)14-4-6-15(21)7-5-14/h4-10,12-13H,11H2,1-3H3,(H,23,26)(H2,24,25,27). The Morgan fingerprint density at radius 2 is 1.67 bits per heavy atom. The first-order chi connectivity index (χ1) is 12.8. The van der Waals surface area contributed by atoms with Gasteiger partial charge >= 0.3 is 6.03 Å². The number of anilines is 1. The molecule has 0 aliphatic rings. The number of nitrogens with one attached hydrogen (secondary N) is 3. The molecule has 1 unspecified atom stereocenters. The van der Waals surface area contributed by atoms with Crippen molar-refractivity contribution < 1.29 is 9.59 Å². The lowest BCUT2D eigenvalue weighted by Crippen LogP contribution is -2.31. The zero-order chi connectivity index (χ0) is 20.0. The highest BCUT2D eigenvalue weighted by molar-refractivity contribution is 6.34. The topological polar surface area (TPSA) is 70.2 Å². The molecule has 3 amide bonds. The van der Waals surface area contributed by atoms with Crippen molar-refractivity contribution in [2.24, 2.45) is 5.92 Å². The molecule has 27 heavy (non-hydrogen) atoms. The fourth-order valence-electron chi connectivity index (χ4n) is 2.37. The summed E-state index contributed by atoms with van der Waals surface area (Å²) in [6.07, 6.45) is 0. The van der Waals surface area contributed by atoms with Crippen LogP contribution in [0.2, 0.25) is 10.0 Å². The summed E-state index contributed by atoms with van der Waals surface area (Å²) in [6, 6.07) is 11.5. The van der Waals surface area contributed by atoms with Gasteiger partial charge in [-0.25, -0.2) is 4.79 Å². The summed E-state index contributed by atoms with van der Waals surface area (Å²) in [7, 11) is 0. The molecule has 2 aromatic rings. The van der Waals surface area contributed by atoms with E-state index in [1.54, 1.807) is 30.3 Å². The quantitative estimate of drug-likeness (QED) is 0.610. The van der Waals surface area contributed by atoms with Gasteiger partial charge in [0.25, 0.3) is 5.91 Å². The minimum Gasteiger partial charge on any atom is -0.352 e. The lowest BCUT2D eigenvalue weighted by molar-refractivity contribution is 0.0949. The Hall–Kier alpha value is -2.24. The Labute approximate surface area is 169 Å². The van der Waals surface area contributed by atoms with E-state index in [1.807, 2.05) is 32.9 Å². The van der Waals surface area contributed by atoms with E-state index in [4.69, 9.17) is 23.2 Å². The van der Waals surface area contributed by atoms with Gasteiger partial charge < -0.3 is 16.0 Å². The first-order valence-corrected chi connectivity index (χ1v) is 9.42. The van der Waals surface area contributed by atoms with Crippen LogP contribution in [0.25, 0.3) is 0 Å². The average molecular weight is 408 g/mol. The predicted octanol–water partition coefficient (Wildman–Crippen LogP) is 5.26. The van der Waals surface area contributed by atoms with E-state index < -0.39 is 0 Å². The molecule has 0 aromatic heterocycles. The second-order valence-electron chi connectivity index (χ2n) is 6.67. The third-order valence-electron chi connectivity index (χ3n) is 3.86. The van der Waals surface area contributed by atoms with E-state index in [9.17, 15) is 9.59 Å². The Bertz CT molecular complexity index is 807. The van der Waals surface area contributed by atoms with Gasteiger partial charge in [-0.2, -0.15) is 0 Å². The molecule has 2 aromatic carbocycles. The maximum Gasteiger partial charge on any atom is 0.319 e. The van der Waals surface area contributed by atoms with Crippen LogP contribution in [0.4, 0.5) is 10.5 Å². The van der Waals surface area contributed by atoms with Crippen LogP contribution in [0.15, 0.2) is 42.5 Å². The second-order valence-corrected chi connectivity index (χ2v) is 7.51. The van der Waals surface area contributed by atoms with E-state index in [-0.39, 0.29) is 23.0 Å². The summed E-state index contributed by atoms with van der Waals surface area (Å²) in [5.41, 5.74) is 1.81. The van der Waals surface area contributed by atoms with Crippen molar-refractivity contribution >= 4 is 40.8 Å². The van der Waals surface area contributed by atoms with E-state index in [1.165, 1.54) is 0 Å². The molecule has 144 valence electrons. The molecule has 0 aliphatic heterocycles. The van der Waals surface area contributed by atoms with E-state index in [0.29, 0.717) is 28.7 Å². The van der Waals surface area contributed by atoms with Crippen molar-refractivity contribution in [2.45, 2.75) is 26.8 Å². The summed E-state index contributed by atoms with van der Waals surface area (Å²) in [5.74, 6) is 0.112. The maximum absolute atomic E-state index is 12.2. The molecule has 0 fully saturated rings. The minimum atomic E-state index is -0.370. The fraction of sp³-hybridized carbons (Fsp3) is 0.300. The SMILES string of the molecule is CC(C)CNC(=O)c1ccc(NC(=O)NC(C)c2ccc(Cl)cc2)cc1Cl. The molecule has 7 heteroatoms. The van der Waals surface area contributed by atoms with Crippen molar-refractivity contribution in [3.63, 3.8) is 0 Å². The highest BCUT2D eigenvalue weighted by Crippen LogP contribution is 2.21. The van der Waals surface area contributed by atoms with Gasteiger partial charge in [0.1, 0.15) is 0 Å². The number of hydrogen-bond donors (Lipinski definition) is 3. The van der Waals surface area contributed by atoms with Gasteiger partial charge in [-0.15, -0.1) is 0 Å². The molecular weight excluding hydrogens is 385 g/mol. The number of urea groups is 1. The molecule has 3 N–H and O–H groups in total. The van der Waals surface area contributed by atoms with Gasteiger partial charge in [-0.1, -0.05) is 49.2 Å². The summed E-state index contributed by atoms with van der Waals surface area (Å²) >= 11 is 12.1. The molecule has 0 saturated carbocycles. The van der Waals surface area contributed by atoms with Crippen molar-refractivity contribution in [1.29, 1.82) is 0 Å². The highest BCUT2D eigenvalue weighted by atomic mass is 35.5. The summed E-state index contributed by atoms with van der Waals surface area (Å²) in [5, 5.41) is 9.29. The molecule has 0 aliphatic carbocycles. The van der Waals surface area contributed by atoms with Gasteiger partial charge in [0.05, 0.1) is 16.6 Å². The lowest BCUT2D eigenvalue weighted by Gasteiger charge is -2.16. The van der Waals surface area contributed by atoms with Crippen LogP contribution in [0.3, 0.4) is 0 Å². The zero-order valence-corrected chi connectivity index (χ0v) is 17.0. The Morgan fingerprint density at radius 1 is 1.00 bits per heavy atom. The van der Waals surface area contributed by atoms with Crippen LogP contribution in [-0.2, 0) is 0 Å². The molecule has 2 rings (SSSR count). The van der Waals surface area contributed by atoms with Gasteiger partial charge in [0, 0.05) is 17.3 Å². The number of carbonyl (C=O) groups excluding carboxylic acids is 2. The third-order valence-corrected chi connectivity index (χ3v) is 4.42. The largest absolute Gasteiger partial charge is 0.352 e. The second kappa shape index (κ2) is 9.62. The number of amides is 3.